The molecule has 0 aliphatic heterocycles. The lowest BCUT2D eigenvalue weighted by atomic mass is 10.1. The molecule has 0 bridgehead atoms. The molecule has 152 valence electrons. The summed E-state index contributed by atoms with van der Waals surface area (Å²) in [5.74, 6) is -0.808. The summed E-state index contributed by atoms with van der Waals surface area (Å²) in [6, 6.07) is 5.88. The van der Waals surface area contributed by atoms with E-state index in [9.17, 15) is 18.0 Å². The van der Waals surface area contributed by atoms with Gasteiger partial charge in [-0.1, -0.05) is 6.07 Å². The molecule has 2 aromatic rings. The molecule has 0 saturated carbocycles. The van der Waals surface area contributed by atoms with E-state index in [1.165, 1.54) is 32.3 Å². The third kappa shape index (κ3) is 4.76. The fraction of sp³-hybridized carbons (Fsp3) is 0.389. The number of nitrogens with one attached hydrogen (secondary N) is 1. The summed E-state index contributed by atoms with van der Waals surface area (Å²) >= 11 is 0. The standard InChI is InChI=1S/C18H24N4O5S/c1-12(2)22-16(8-9-19-22)20-17(23)11-27-18(24)15-10-14(7-6-13(15)3)28(25,26)21(4)5/h6-10,12H,11H2,1-5H3,(H,20,23). The second kappa shape index (κ2) is 8.53. The highest BCUT2D eigenvalue weighted by atomic mass is 32.2. The average Bonchev–Trinajstić information content (AvgIpc) is 3.08. The lowest BCUT2D eigenvalue weighted by molar-refractivity contribution is -0.119. The number of sulfonamides is 1. The van der Waals surface area contributed by atoms with Gasteiger partial charge in [-0.2, -0.15) is 5.10 Å². The quantitative estimate of drug-likeness (QED) is 0.700. The van der Waals surface area contributed by atoms with Crippen molar-refractivity contribution < 1.29 is 22.7 Å². The molecule has 0 radical (unpaired) electrons. The van der Waals surface area contributed by atoms with Crippen molar-refractivity contribution in [1.82, 2.24) is 14.1 Å². The van der Waals surface area contributed by atoms with Crippen molar-refractivity contribution in [3.05, 3.63) is 41.6 Å². The molecular formula is C18H24N4O5S. The van der Waals surface area contributed by atoms with Crippen LogP contribution in [0.4, 0.5) is 5.82 Å². The van der Waals surface area contributed by atoms with Crippen LogP contribution in [0.5, 0.6) is 0 Å². The van der Waals surface area contributed by atoms with E-state index < -0.39 is 28.5 Å². The van der Waals surface area contributed by atoms with Gasteiger partial charge < -0.3 is 10.1 Å². The molecule has 0 unspecified atom stereocenters. The largest absolute Gasteiger partial charge is 0.452 e. The Morgan fingerprint density at radius 1 is 1.25 bits per heavy atom. The molecule has 0 atom stereocenters. The van der Waals surface area contributed by atoms with Gasteiger partial charge in [0.05, 0.1) is 16.7 Å². The summed E-state index contributed by atoms with van der Waals surface area (Å²) < 4.78 is 32.2. The Morgan fingerprint density at radius 3 is 2.54 bits per heavy atom. The summed E-state index contributed by atoms with van der Waals surface area (Å²) in [5.41, 5.74) is 0.629. The Bertz CT molecular complexity index is 980. The van der Waals surface area contributed by atoms with Gasteiger partial charge in [-0.25, -0.2) is 22.2 Å². The molecule has 28 heavy (non-hydrogen) atoms. The second-order valence-corrected chi connectivity index (χ2v) is 8.80. The fourth-order valence-electron chi connectivity index (χ4n) is 2.40. The minimum Gasteiger partial charge on any atom is -0.452 e. The number of esters is 1. The molecule has 1 amide bonds. The van der Waals surface area contributed by atoms with E-state index in [2.05, 4.69) is 10.4 Å². The predicted molar refractivity (Wildman–Crippen MR) is 104 cm³/mol. The molecule has 0 fully saturated rings. The minimum atomic E-state index is -3.69. The molecule has 1 aromatic heterocycles. The maximum absolute atomic E-state index is 12.4. The molecule has 2 rings (SSSR count). The van der Waals surface area contributed by atoms with Crippen LogP contribution < -0.4 is 5.32 Å². The number of amides is 1. The Balaban J connectivity index is 2.09. The molecule has 0 spiro atoms. The van der Waals surface area contributed by atoms with Gasteiger partial charge in [-0.3, -0.25) is 4.79 Å². The molecule has 1 aromatic carbocycles. The normalized spacial score (nSPS) is 11.7. The zero-order valence-electron chi connectivity index (χ0n) is 16.5. The SMILES string of the molecule is Cc1ccc(S(=O)(=O)N(C)C)cc1C(=O)OCC(=O)Nc1ccnn1C(C)C. The lowest BCUT2D eigenvalue weighted by Crippen LogP contribution is -2.24. The summed E-state index contributed by atoms with van der Waals surface area (Å²) in [6.07, 6.45) is 1.56. The van der Waals surface area contributed by atoms with Crippen LogP contribution in [0.2, 0.25) is 0 Å². The van der Waals surface area contributed by atoms with Gasteiger partial charge in [0, 0.05) is 26.2 Å². The van der Waals surface area contributed by atoms with Gasteiger partial charge in [-0.15, -0.1) is 0 Å². The number of aryl methyl sites for hydroxylation is 1. The van der Waals surface area contributed by atoms with Gasteiger partial charge in [0.15, 0.2) is 6.61 Å². The maximum Gasteiger partial charge on any atom is 0.338 e. The zero-order chi connectivity index (χ0) is 21.1. The van der Waals surface area contributed by atoms with Gasteiger partial charge in [0.1, 0.15) is 5.82 Å². The number of rotatable bonds is 7. The van der Waals surface area contributed by atoms with Crippen molar-refractivity contribution in [2.45, 2.75) is 31.7 Å². The van der Waals surface area contributed by atoms with Crippen molar-refractivity contribution in [3.63, 3.8) is 0 Å². The number of anilines is 1. The van der Waals surface area contributed by atoms with Crippen molar-refractivity contribution in [3.8, 4) is 0 Å². The first-order valence-corrected chi connectivity index (χ1v) is 10.0. The molecule has 1 N–H and O–H groups in total. The molecule has 0 aliphatic rings. The molecule has 10 heteroatoms. The third-order valence-corrected chi connectivity index (χ3v) is 5.78. The van der Waals surface area contributed by atoms with Gasteiger partial charge in [0.2, 0.25) is 10.0 Å². The van der Waals surface area contributed by atoms with E-state index in [-0.39, 0.29) is 16.5 Å². The van der Waals surface area contributed by atoms with Crippen molar-refractivity contribution >= 4 is 27.7 Å². The summed E-state index contributed by atoms with van der Waals surface area (Å²) in [4.78, 5) is 24.4. The Labute approximate surface area is 164 Å². The highest BCUT2D eigenvalue weighted by Crippen LogP contribution is 2.19. The Hall–Kier alpha value is -2.72. The van der Waals surface area contributed by atoms with Crippen LogP contribution in [0.1, 0.15) is 35.8 Å². The zero-order valence-corrected chi connectivity index (χ0v) is 17.3. The number of hydrogen-bond acceptors (Lipinski definition) is 6. The first-order chi connectivity index (χ1) is 13.0. The number of aromatic nitrogens is 2. The highest BCUT2D eigenvalue weighted by Gasteiger charge is 2.21. The number of carbonyl (C=O) groups excluding carboxylic acids is 2. The topological polar surface area (TPSA) is 111 Å². The summed E-state index contributed by atoms with van der Waals surface area (Å²) in [5, 5.41) is 6.73. The average molecular weight is 408 g/mol. The van der Waals surface area contributed by atoms with Crippen LogP contribution in [0, 0.1) is 6.92 Å². The van der Waals surface area contributed by atoms with E-state index in [1.807, 2.05) is 13.8 Å². The number of hydrogen-bond donors (Lipinski definition) is 1. The van der Waals surface area contributed by atoms with Crippen LogP contribution >= 0.6 is 0 Å². The van der Waals surface area contributed by atoms with E-state index >= 15 is 0 Å². The minimum absolute atomic E-state index is 0.0275. The number of carbonyl (C=O) groups is 2. The monoisotopic (exact) mass is 408 g/mol. The molecule has 0 saturated heterocycles. The van der Waals surface area contributed by atoms with Crippen molar-refractivity contribution in [2.75, 3.05) is 26.0 Å². The number of nitrogens with zero attached hydrogens (tertiary/aromatic N) is 3. The Kier molecular flexibility index (Phi) is 6.57. The molecule has 9 nitrogen and oxygen atoms in total. The molecule has 0 aliphatic carbocycles. The van der Waals surface area contributed by atoms with Crippen LogP contribution in [0.3, 0.4) is 0 Å². The maximum atomic E-state index is 12.4. The first-order valence-electron chi connectivity index (χ1n) is 8.57. The van der Waals surface area contributed by atoms with Crippen molar-refractivity contribution in [2.24, 2.45) is 0 Å². The smallest absolute Gasteiger partial charge is 0.338 e. The third-order valence-electron chi connectivity index (χ3n) is 3.97. The van der Waals surface area contributed by atoms with Gasteiger partial charge in [-0.05, 0) is 38.5 Å². The van der Waals surface area contributed by atoms with E-state index in [0.717, 1.165) is 4.31 Å². The van der Waals surface area contributed by atoms with E-state index in [4.69, 9.17) is 4.74 Å². The van der Waals surface area contributed by atoms with Crippen LogP contribution in [-0.4, -0.2) is 55.1 Å². The summed E-state index contributed by atoms with van der Waals surface area (Å²) in [6.45, 7) is 4.98. The van der Waals surface area contributed by atoms with Crippen LogP contribution in [-0.2, 0) is 19.6 Å². The summed E-state index contributed by atoms with van der Waals surface area (Å²) in [7, 11) is -0.887. The van der Waals surface area contributed by atoms with E-state index in [0.29, 0.717) is 11.4 Å². The predicted octanol–water partition coefficient (Wildman–Crippen LogP) is 1.82. The highest BCUT2D eigenvalue weighted by molar-refractivity contribution is 7.89. The first kappa shape index (κ1) is 21.6. The number of benzene rings is 1. The second-order valence-electron chi connectivity index (χ2n) is 6.64. The van der Waals surface area contributed by atoms with Crippen molar-refractivity contribution in [1.29, 1.82) is 0 Å². The Morgan fingerprint density at radius 2 is 1.93 bits per heavy atom. The molecular weight excluding hydrogens is 384 g/mol. The fourth-order valence-corrected chi connectivity index (χ4v) is 3.33. The number of ether oxygens (including phenoxy) is 1. The van der Waals surface area contributed by atoms with Gasteiger partial charge >= 0.3 is 5.97 Å². The lowest BCUT2D eigenvalue weighted by Gasteiger charge is -2.14. The van der Waals surface area contributed by atoms with Gasteiger partial charge in [0.25, 0.3) is 5.91 Å². The molecule has 1 heterocycles. The van der Waals surface area contributed by atoms with E-state index in [1.54, 1.807) is 23.9 Å². The van der Waals surface area contributed by atoms with Crippen LogP contribution in [0.25, 0.3) is 0 Å². The van der Waals surface area contributed by atoms with Crippen LogP contribution in [0.15, 0.2) is 35.4 Å².